The standard InChI is InChI=1S/C15H22Cl2F2N4O3S.HI/c1-3-27(24,25)23-6-4-5-21-15(20-2)22-9-10-7-11(16)8-12(17)13(10)26-14(18)19;/h7-8,14,23H,3-6,9H2,1-2H3,(H2,20,21,22);1H. The average molecular weight is 575 g/mol. The Hall–Kier alpha value is -0.630. The number of hydrogen-bond donors (Lipinski definition) is 3. The van der Waals surface area contributed by atoms with Gasteiger partial charge in [-0.05, 0) is 25.5 Å². The number of benzene rings is 1. The van der Waals surface area contributed by atoms with Crippen LogP contribution in [0.25, 0.3) is 0 Å². The number of nitrogens with zero attached hydrogens (tertiary/aromatic N) is 1. The van der Waals surface area contributed by atoms with Crippen molar-refractivity contribution >= 4 is 63.2 Å². The summed E-state index contributed by atoms with van der Waals surface area (Å²) in [5, 5.41) is 6.17. The molecule has 0 spiro atoms. The van der Waals surface area contributed by atoms with Gasteiger partial charge in [0.25, 0.3) is 0 Å². The lowest BCUT2D eigenvalue weighted by atomic mass is 10.2. The Morgan fingerprint density at radius 3 is 2.50 bits per heavy atom. The van der Waals surface area contributed by atoms with Crippen molar-refractivity contribution in [2.75, 3.05) is 25.9 Å². The Labute approximate surface area is 190 Å². The monoisotopic (exact) mass is 574 g/mol. The molecule has 3 N–H and O–H groups in total. The van der Waals surface area contributed by atoms with Crippen LogP contribution in [0.15, 0.2) is 17.1 Å². The largest absolute Gasteiger partial charge is 0.433 e. The van der Waals surface area contributed by atoms with Crippen molar-refractivity contribution in [3.63, 3.8) is 0 Å². The predicted molar refractivity (Wildman–Crippen MR) is 119 cm³/mol. The first-order valence-electron chi connectivity index (χ1n) is 8.03. The van der Waals surface area contributed by atoms with Gasteiger partial charge in [-0.2, -0.15) is 8.78 Å². The molecule has 0 fully saturated rings. The first-order chi connectivity index (χ1) is 12.7. The maximum atomic E-state index is 12.6. The highest BCUT2D eigenvalue weighted by Gasteiger charge is 2.15. The Bertz CT molecular complexity index is 755. The predicted octanol–water partition coefficient (Wildman–Crippen LogP) is 3.21. The van der Waals surface area contributed by atoms with Gasteiger partial charge in [0.15, 0.2) is 5.96 Å². The summed E-state index contributed by atoms with van der Waals surface area (Å²) >= 11 is 11.8. The molecular formula is C15H23Cl2F2IN4O3S. The minimum Gasteiger partial charge on any atom is -0.433 e. The van der Waals surface area contributed by atoms with E-state index in [4.69, 9.17) is 23.2 Å². The van der Waals surface area contributed by atoms with E-state index in [2.05, 4.69) is 25.1 Å². The van der Waals surface area contributed by atoms with Crippen molar-refractivity contribution in [2.24, 2.45) is 4.99 Å². The van der Waals surface area contributed by atoms with Crippen LogP contribution in [0.5, 0.6) is 5.75 Å². The zero-order chi connectivity index (χ0) is 20.4. The van der Waals surface area contributed by atoms with Crippen molar-refractivity contribution in [3.05, 3.63) is 27.7 Å². The van der Waals surface area contributed by atoms with Gasteiger partial charge in [-0.1, -0.05) is 23.2 Å². The molecule has 0 aliphatic carbocycles. The van der Waals surface area contributed by atoms with E-state index in [9.17, 15) is 17.2 Å². The number of ether oxygens (including phenoxy) is 1. The Morgan fingerprint density at radius 2 is 1.93 bits per heavy atom. The van der Waals surface area contributed by atoms with Crippen LogP contribution >= 0.6 is 47.2 Å². The molecule has 162 valence electrons. The van der Waals surface area contributed by atoms with Crippen molar-refractivity contribution < 1.29 is 21.9 Å². The van der Waals surface area contributed by atoms with Gasteiger partial charge < -0.3 is 15.4 Å². The molecule has 0 saturated heterocycles. The average Bonchev–Trinajstić information content (AvgIpc) is 2.59. The number of sulfonamides is 1. The second kappa shape index (κ2) is 13.6. The van der Waals surface area contributed by atoms with Crippen molar-refractivity contribution in [2.45, 2.75) is 26.5 Å². The summed E-state index contributed by atoms with van der Waals surface area (Å²) in [6, 6.07) is 2.78. The van der Waals surface area contributed by atoms with Crippen LogP contribution in [0.2, 0.25) is 10.0 Å². The lowest BCUT2D eigenvalue weighted by Crippen LogP contribution is -2.38. The third-order valence-electron chi connectivity index (χ3n) is 3.31. The summed E-state index contributed by atoms with van der Waals surface area (Å²) in [5.74, 6) is 0.259. The van der Waals surface area contributed by atoms with E-state index < -0.39 is 16.6 Å². The zero-order valence-electron chi connectivity index (χ0n) is 15.3. The molecule has 7 nitrogen and oxygen atoms in total. The van der Waals surface area contributed by atoms with Gasteiger partial charge in [-0.15, -0.1) is 24.0 Å². The molecule has 0 aromatic heterocycles. The molecule has 0 heterocycles. The minimum absolute atomic E-state index is 0. The first-order valence-corrected chi connectivity index (χ1v) is 10.4. The molecule has 0 saturated carbocycles. The molecule has 13 heteroatoms. The fraction of sp³-hybridized carbons (Fsp3) is 0.533. The summed E-state index contributed by atoms with van der Waals surface area (Å²) in [4.78, 5) is 4.00. The molecule has 0 bridgehead atoms. The maximum Gasteiger partial charge on any atom is 0.387 e. The van der Waals surface area contributed by atoms with E-state index in [0.29, 0.717) is 24.5 Å². The van der Waals surface area contributed by atoms with E-state index in [1.165, 1.54) is 19.2 Å². The lowest BCUT2D eigenvalue weighted by Gasteiger charge is -2.16. The molecule has 0 radical (unpaired) electrons. The third kappa shape index (κ3) is 10.2. The summed E-state index contributed by atoms with van der Waals surface area (Å²) in [7, 11) is -1.68. The first kappa shape index (κ1) is 27.4. The van der Waals surface area contributed by atoms with E-state index in [1.807, 2.05) is 0 Å². The quantitative estimate of drug-likeness (QED) is 0.173. The van der Waals surface area contributed by atoms with E-state index in [0.717, 1.165) is 0 Å². The van der Waals surface area contributed by atoms with E-state index in [-0.39, 0.29) is 58.6 Å². The number of alkyl halides is 2. The molecule has 0 aliphatic rings. The van der Waals surface area contributed by atoms with Crippen molar-refractivity contribution in [1.82, 2.24) is 15.4 Å². The molecule has 1 aromatic carbocycles. The minimum atomic E-state index is -3.22. The summed E-state index contributed by atoms with van der Waals surface area (Å²) in [6.07, 6.45) is 0.530. The molecule has 0 atom stereocenters. The zero-order valence-corrected chi connectivity index (χ0v) is 19.9. The molecule has 0 aliphatic heterocycles. The van der Waals surface area contributed by atoms with E-state index >= 15 is 0 Å². The summed E-state index contributed by atoms with van der Waals surface area (Å²) in [6.45, 7) is -0.643. The van der Waals surface area contributed by atoms with Crippen LogP contribution in [-0.2, 0) is 16.6 Å². The smallest absolute Gasteiger partial charge is 0.387 e. The maximum absolute atomic E-state index is 12.6. The van der Waals surface area contributed by atoms with Crippen molar-refractivity contribution in [1.29, 1.82) is 0 Å². The second-order valence-corrected chi connectivity index (χ2v) is 8.20. The molecule has 1 aromatic rings. The van der Waals surface area contributed by atoms with Gasteiger partial charge in [-0.25, -0.2) is 13.1 Å². The van der Waals surface area contributed by atoms with E-state index in [1.54, 1.807) is 6.92 Å². The Kier molecular flexibility index (Phi) is 13.3. The molecule has 0 unspecified atom stereocenters. The molecule has 1 rings (SSSR count). The van der Waals surface area contributed by atoms with Gasteiger partial charge >= 0.3 is 6.61 Å². The normalized spacial score (nSPS) is 11.9. The SMILES string of the molecule is CCS(=O)(=O)NCCCNC(=NC)NCc1cc(Cl)cc(Cl)c1OC(F)F.I. The Morgan fingerprint density at radius 1 is 1.25 bits per heavy atom. The Balaban J connectivity index is 0.00000729. The number of guanidine groups is 1. The summed E-state index contributed by atoms with van der Waals surface area (Å²) in [5.41, 5.74) is 0.339. The number of hydrogen-bond acceptors (Lipinski definition) is 4. The van der Waals surface area contributed by atoms with Crippen molar-refractivity contribution in [3.8, 4) is 5.75 Å². The van der Waals surface area contributed by atoms with Crippen LogP contribution in [0.1, 0.15) is 18.9 Å². The second-order valence-electron chi connectivity index (χ2n) is 5.26. The fourth-order valence-corrected chi connectivity index (χ4v) is 3.23. The highest BCUT2D eigenvalue weighted by Crippen LogP contribution is 2.33. The van der Waals surface area contributed by atoms with Crippen LogP contribution < -0.4 is 20.1 Å². The number of rotatable bonds is 10. The van der Waals surface area contributed by atoms with Gasteiger partial charge in [0, 0.05) is 37.3 Å². The van der Waals surface area contributed by atoms with Crippen LogP contribution in [0, 0.1) is 0 Å². The molecule has 0 amide bonds. The van der Waals surface area contributed by atoms with Gasteiger partial charge in [-0.3, -0.25) is 4.99 Å². The highest BCUT2D eigenvalue weighted by atomic mass is 127. The number of aliphatic imine (C=N–C) groups is 1. The van der Waals surface area contributed by atoms with Gasteiger partial charge in [0.05, 0.1) is 10.8 Å². The van der Waals surface area contributed by atoms with Crippen LogP contribution in [0.3, 0.4) is 0 Å². The lowest BCUT2D eigenvalue weighted by molar-refractivity contribution is -0.0504. The third-order valence-corrected chi connectivity index (χ3v) is 5.21. The number of nitrogens with one attached hydrogen (secondary N) is 3. The highest BCUT2D eigenvalue weighted by molar-refractivity contribution is 14.0. The summed E-state index contributed by atoms with van der Waals surface area (Å²) < 4.78 is 54.7. The van der Waals surface area contributed by atoms with Gasteiger partial charge in [0.1, 0.15) is 5.75 Å². The molecular weight excluding hydrogens is 552 g/mol. The molecule has 28 heavy (non-hydrogen) atoms. The fourth-order valence-electron chi connectivity index (χ4n) is 1.99. The van der Waals surface area contributed by atoms with Crippen LogP contribution in [-0.4, -0.2) is 46.9 Å². The van der Waals surface area contributed by atoms with Gasteiger partial charge in [0.2, 0.25) is 10.0 Å². The number of halogens is 5. The van der Waals surface area contributed by atoms with Crippen LogP contribution in [0.4, 0.5) is 8.78 Å². The topological polar surface area (TPSA) is 91.8 Å².